The van der Waals surface area contributed by atoms with Gasteiger partial charge in [-0.25, -0.2) is 0 Å². The molecular formula is C12H17ClN2OS. The molecule has 5 heteroatoms. The molecule has 1 aliphatic rings. The Morgan fingerprint density at radius 1 is 1.47 bits per heavy atom. The van der Waals surface area contributed by atoms with Gasteiger partial charge in [-0.2, -0.15) is 0 Å². The third kappa shape index (κ3) is 3.21. The first-order chi connectivity index (χ1) is 8.20. The molecule has 1 amide bonds. The Morgan fingerprint density at radius 3 is 2.88 bits per heavy atom. The van der Waals surface area contributed by atoms with Crippen LogP contribution in [0.5, 0.6) is 0 Å². The van der Waals surface area contributed by atoms with Crippen LogP contribution in [0.25, 0.3) is 0 Å². The van der Waals surface area contributed by atoms with Crippen molar-refractivity contribution >= 4 is 28.8 Å². The van der Waals surface area contributed by atoms with E-state index < -0.39 is 0 Å². The van der Waals surface area contributed by atoms with Crippen molar-refractivity contribution in [2.45, 2.75) is 31.7 Å². The first-order valence-corrected chi connectivity index (χ1v) is 7.16. The number of amides is 1. The van der Waals surface area contributed by atoms with Crippen LogP contribution in [0.4, 0.5) is 0 Å². The van der Waals surface area contributed by atoms with Crippen LogP contribution in [0.3, 0.4) is 0 Å². The van der Waals surface area contributed by atoms with Crippen molar-refractivity contribution in [1.82, 2.24) is 5.32 Å². The molecule has 17 heavy (non-hydrogen) atoms. The van der Waals surface area contributed by atoms with Gasteiger partial charge in [0, 0.05) is 6.04 Å². The maximum atomic E-state index is 12.0. The molecule has 0 aliphatic heterocycles. The molecule has 1 aromatic rings. The summed E-state index contributed by atoms with van der Waals surface area (Å²) < 4.78 is 0.647. The van der Waals surface area contributed by atoms with Crippen molar-refractivity contribution in [2.24, 2.45) is 11.7 Å². The summed E-state index contributed by atoms with van der Waals surface area (Å²) in [6.45, 7) is 0.649. The molecular weight excluding hydrogens is 256 g/mol. The monoisotopic (exact) mass is 272 g/mol. The minimum absolute atomic E-state index is 0.0211. The topological polar surface area (TPSA) is 55.1 Å². The normalized spacial score (nSPS) is 24.6. The molecule has 0 aromatic carbocycles. The maximum Gasteiger partial charge on any atom is 0.261 e. The SMILES string of the molecule is NCC1CCCCC1NC(=O)c1ccc(Cl)s1. The van der Waals surface area contributed by atoms with Gasteiger partial charge < -0.3 is 11.1 Å². The molecule has 1 fully saturated rings. The molecule has 0 saturated heterocycles. The van der Waals surface area contributed by atoms with Crippen LogP contribution >= 0.6 is 22.9 Å². The van der Waals surface area contributed by atoms with Gasteiger partial charge in [-0.05, 0) is 37.4 Å². The van der Waals surface area contributed by atoms with Gasteiger partial charge in [0.15, 0.2) is 0 Å². The van der Waals surface area contributed by atoms with Gasteiger partial charge in [0.1, 0.15) is 0 Å². The molecule has 1 aromatic heterocycles. The Morgan fingerprint density at radius 2 is 2.24 bits per heavy atom. The predicted molar refractivity (Wildman–Crippen MR) is 71.6 cm³/mol. The smallest absolute Gasteiger partial charge is 0.261 e. The molecule has 0 bridgehead atoms. The summed E-state index contributed by atoms with van der Waals surface area (Å²) in [5, 5.41) is 3.08. The lowest BCUT2D eigenvalue weighted by Gasteiger charge is -2.31. The van der Waals surface area contributed by atoms with E-state index in [1.54, 1.807) is 12.1 Å². The number of nitrogens with two attached hydrogens (primary N) is 1. The molecule has 1 aliphatic carbocycles. The molecule has 3 nitrogen and oxygen atoms in total. The summed E-state index contributed by atoms with van der Waals surface area (Å²) in [5.74, 6) is 0.399. The Kier molecular flexibility index (Phi) is 4.42. The molecule has 1 saturated carbocycles. The Bertz CT molecular complexity index is 394. The minimum Gasteiger partial charge on any atom is -0.348 e. The molecule has 1 heterocycles. The Hall–Kier alpha value is -0.580. The second-order valence-electron chi connectivity index (χ2n) is 4.46. The molecule has 3 N–H and O–H groups in total. The number of hydrogen-bond donors (Lipinski definition) is 2. The Labute approximate surface area is 110 Å². The van der Waals surface area contributed by atoms with Gasteiger partial charge in [-0.3, -0.25) is 4.79 Å². The van der Waals surface area contributed by atoms with Gasteiger partial charge in [0.05, 0.1) is 9.21 Å². The number of rotatable bonds is 3. The molecule has 0 radical (unpaired) electrons. The maximum absolute atomic E-state index is 12.0. The summed E-state index contributed by atoms with van der Waals surface area (Å²) in [4.78, 5) is 12.7. The van der Waals surface area contributed by atoms with E-state index in [0.717, 1.165) is 12.8 Å². The van der Waals surface area contributed by atoms with Crippen molar-refractivity contribution in [3.8, 4) is 0 Å². The van der Waals surface area contributed by atoms with Crippen LogP contribution in [0.15, 0.2) is 12.1 Å². The largest absolute Gasteiger partial charge is 0.348 e. The minimum atomic E-state index is -0.0211. The average Bonchev–Trinajstić information content (AvgIpc) is 2.77. The number of hydrogen-bond acceptors (Lipinski definition) is 3. The van der Waals surface area contributed by atoms with Gasteiger partial charge in [0.2, 0.25) is 0 Å². The lowest BCUT2D eigenvalue weighted by Crippen LogP contribution is -2.44. The van der Waals surface area contributed by atoms with E-state index in [1.807, 2.05) is 0 Å². The third-order valence-electron chi connectivity index (χ3n) is 3.33. The van der Waals surface area contributed by atoms with E-state index in [4.69, 9.17) is 17.3 Å². The summed E-state index contributed by atoms with van der Waals surface area (Å²) >= 11 is 7.14. The van der Waals surface area contributed by atoms with Crippen molar-refractivity contribution < 1.29 is 4.79 Å². The van der Waals surface area contributed by atoms with Gasteiger partial charge >= 0.3 is 0 Å². The van der Waals surface area contributed by atoms with Crippen molar-refractivity contribution in [3.63, 3.8) is 0 Å². The number of carbonyl (C=O) groups is 1. The summed E-state index contributed by atoms with van der Waals surface area (Å²) in [6.07, 6.45) is 4.55. The van der Waals surface area contributed by atoms with E-state index in [2.05, 4.69) is 5.32 Å². The first kappa shape index (κ1) is 12.9. The first-order valence-electron chi connectivity index (χ1n) is 5.97. The highest BCUT2D eigenvalue weighted by Crippen LogP contribution is 2.25. The van der Waals surface area contributed by atoms with E-state index in [1.165, 1.54) is 24.2 Å². The number of thiophene rings is 1. The summed E-state index contributed by atoms with van der Waals surface area (Å²) in [6, 6.07) is 3.74. The van der Waals surface area contributed by atoms with Crippen molar-refractivity contribution in [1.29, 1.82) is 0 Å². The van der Waals surface area contributed by atoms with Crippen LogP contribution < -0.4 is 11.1 Å². The summed E-state index contributed by atoms with van der Waals surface area (Å²) in [5.41, 5.74) is 5.74. The van der Waals surface area contributed by atoms with E-state index in [0.29, 0.717) is 21.7 Å². The predicted octanol–water partition coefficient (Wildman–Crippen LogP) is 2.65. The molecule has 2 unspecified atom stereocenters. The standard InChI is InChI=1S/C12H17ClN2OS/c13-11-6-5-10(17-11)12(16)15-9-4-2-1-3-8(9)7-14/h5-6,8-9H,1-4,7,14H2,(H,15,16). The Balaban J connectivity index is 1.97. The van der Waals surface area contributed by atoms with E-state index in [9.17, 15) is 4.79 Å². The fraction of sp³-hybridized carbons (Fsp3) is 0.583. The van der Waals surface area contributed by atoms with Gasteiger partial charge in [-0.1, -0.05) is 24.4 Å². The second-order valence-corrected chi connectivity index (χ2v) is 6.18. The van der Waals surface area contributed by atoms with Gasteiger partial charge in [-0.15, -0.1) is 11.3 Å². The summed E-state index contributed by atoms with van der Waals surface area (Å²) in [7, 11) is 0. The highest BCUT2D eigenvalue weighted by molar-refractivity contribution is 7.17. The van der Waals surface area contributed by atoms with Crippen LogP contribution in [-0.4, -0.2) is 18.5 Å². The van der Waals surface area contributed by atoms with Crippen LogP contribution in [0.1, 0.15) is 35.4 Å². The quantitative estimate of drug-likeness (QED) is 0.889. The number of halogens is 1. The van der Waals surface area contributed by atoms with Crippen LogP contribution in [0.2, 0.25) is 4.34 Å². The lowest BCUT2D eigenvalue weighted by atomic mass is 9.84. The highest BCUT2D eigenvalue weighted by atomic mass is 35.5. The van der Waals surface area contributed by atoms with Crippen molar-refractivity contribution in [3.05, 3.63) is 21.3 Å². The third-order valence-corrected chi connectivity index (χ3v) is 4.56. The van der Waals surface area contributed by atoms with E-state index >= 15 is 0 Å². The van der Waals surface area contributed by atoms with E-state index in [-0.39, 0.29) is 11.9 Å². The second kappa shape index (κ2) is 5.85. The molecule has 0 spiro atoms. The fourth-order valence-corrected chi connectivity index (χ4v) is 3.30. The molecule has 94 valence electrons. The zero-order chi connectivity index (χ0) is 12.3. The zero-order valence-electron chi connectivity index (χ0n) is 9.62. The average molecular weight is 273 g/mol. The molecule has 2 atom stereocenters. The van der Waals surface area contributed by atoms with Crippen LogP contribution in [-0.2, 0) is 0 Å². The van der Waals surface area contributed by atoms with Gasteiger partial charge in [0.25, 0.3) is 5.91 Å². The number of carbonyl (C=O) groups excluding carboxylic acids is 1. The molecule has 2 rings (SSSR count). The lowest BCUT2D eigenvalue weighted by molar-refractivity contribution is 0.0912. The fourth-order valence-electron chi connectivity index (χ4n) is 2.36. The number of nitrogens with one attached hydrogen (secondary N) is 1. The van der Waals surface area contributed by atoms with Crippen molar-refractivity contribution in [2.75, 3.05) is 6.54 Å². The highest BCUT2D eigenvalue weighted by Gasteiger charge is 2.25. The van der Waals surface area contributed by atoms with Crippen LogP contribution in [0, 0.1) is 5.92 Å². The zero-order valence-corrected chi connectivity index (χ0v) is 11.2.